The average Bonchev–Trinajstić information content (AvgIpc) is 2.48. The molecule has 0 aliphatic rings. The standard InChI is InChI=1S/C16H18ClNO4/c1-9-8-13(22-2)15-11(6-7-14(19)18-15)10(9)4-3-5-12(17)16(20)21/h6-8,12H,3-5H2,1-2H3,(H,18,19)(H,20,21). The summed E-state index contributed by atoms with van der Waals surface area (Å²) in [6, 6.07) is 5.13. The lowest BCUT2D eigenvalue weighted by atomic mass is 9.96. The van der Waals surface area contributed by atoms with Crippen molar-refractivity contribution in [1.82, 2.24) is 4.98 Å². The Balaban J connectivity index is 2.35. The van der Waals surface area contributed by atoms with Crippen LogP contribution in [0, 0.1) is 6.92 Å². The maximum absolute atomic E-state index is 11.5. The molecule has 2 aromatic rings. The van der Waals surface area contributed by atoms with Crippen molar-refractivity contribution in [2.45, 2.75) is 31.6 Å². The molecule has 118 valence electrons. The maximum atomic E-state index is 11.5. The molecule has 6 heteroatoms. The summed E-state index contributed by atoms with van der Waals surface area (Å²) in [5.74, 6) is -0.378. The molecule has 1 atom stereocenters. The number of benzene rings is 1. The lowest BCUT2D eigenvalue weighted by Crippen LogP contribution is -2.13. The summed E-state index contributed by atoms with van der Waals surface area (Å²) in [4.78, 5) is 25.1. The topological polar surface area (TPSA) is 79.4 Å². The molecule has 22 heavy (non-hydrogen) atoms. The van der Waals surface area contributed by atoms with Gasteiger partial charge < -0.3 is 14.8 Å². The van der Waals surface area contributed by atoms with Crippen molar-refractivity contribution in [3.8, 4) is 5.75 Å². The van der Waals surface area contributed by atoms with Crippen LogP contribution in [0.1, 0.15) is 24.0 Å². The minimum Gasteiger partial charge on any atom is -0.495 e. The van der Waals surface area contributed by atoms with Crippen molar-refractivity contribution >= 4 is 28.5 Å². The van der Waals surface area contributed by atoms with E-state index in [1.165, 1.54) is 6.07 Å². The van der Waals surface area contributed by atoms with Gasteiger partial charge >= 0.3 is 5.97 Å². The molecule has 0 aliphatic heterocycles. The van der Waals surface area contributed by atoms with Gasteiger partial charge in [-0.2, -0.15) is 0 Å². The van der Waals surface area contributed by atoms with Crippen LogP contribution >= 0.6 is 11.6 Å². The van der Waals surface area contributed by atoms with Gasteiger partial charge in [-0.05, 0) is 49.4 Å². The zero-order valence-corrected chi connectivity index (χ0v) is 13.2. The number of hydrogen-bond acceptors (Lipinski definition) is 3. The number of aromatic nitrogens is 1. The average molecular weight is 324 g/mol. The van der Waals surface area contributed by atoms with Crippen LogP contribution in [0.3, 0.4) is 0 Å². The molecule has 0 radical (unpaired) electrons. The smallest absolute Gasteiger partial charge is 0.321 e. The van der Waals surface area contributed by atoms with Crippen molar-refractivity contribution in [3.05, 3.63) is 39.7 Å². The SMILES string of the molecule is COc1cc(C)c(CCCC(Cl)C(=O)O)c2ccc(=O)[nH]c12. The summed E-state index contributed by atoms with van der Waals surface area (Å²) in [5, 5.41) is 8.86. The number of methoxy groups -OCH3 is 1. The maximum Gasteiger partial charge on any atom is 0.321 e. The highest BCUT2D eigenvalue weighted by molar-refractivity contribution is 6.29. The first-order chi connectivity index (χ1) is 10.4. The number of nitrogens with one attached hydrogen (secondary N) is 1. The van der Waals surface area contributed by atoms with Gasteiger partial charge in [0, 0.05) is 11.5 Å². The molecule has 0 spiro atoms. The molecule has 0 amide bonds. The lowest BCUT2D eigenvalue weighted by molar-refractivity contribution is -0.136. The summed E-state index contributed by atoms with van der Waals surface area (Å²) >= 11 is 5.74. The van der Waals surface area contributed by atoms with Gasteiger partial charge in [0.15, 0.2) is 0 Å². The second kappa shape index (κ2) is 6.83. The van der Waals surface area contributed by atoms with Gasteiger partial charge in [-0.25, -0.2) is 0 Å². The first-order valence-corrected chi connectivity index (χ1v) is 7.44. The van der Waals surface area contributed by atoms with E-state index in [2.05, 4.69) is 4.98 Å². The molecule has 1 aromatic carbocycles. The number of H-pyrrole nitrogens is 1. The highest BCUT2D eigenvalue weighted by atomic mass is 35.5. The van der Waals surface area contributed by atoms with Gasteiger partial charge in [0.1, 0.15) is 11.1 Å². The minimum absolute atomic E-state index is 0.188. The van der Waals surface area contributed by atoms with Crippen LogP contribution in [0.5, 0.6) is 5.75 Å². The molecule has 0 fully saturated rings. The number of fused-ring (bicyclic) bond motifs is 1. The number of rotatable bonds is 6. The third-order valence-electron chi connectivity index (χ3n) is 3.69. The minimum atomic E-state index is -0.998. The Hall–Kier alpha value is -2.01. The second-order valence-electron chi connectivity index (χ2n) is 5.18. The van der Waals surface area contributed by atoms with E-state index in [1.54, 1.807) is 13.2 Å². The second-order valence-corrected chi connectivity index (χ2v) is 5.71. The Morgan fingerprint density at radius 3 is 2.82 bits per heavy atom. The molecule has 2 N–H and O–H groups in total. The summed E-state index contributed by atoms with van der Waals surface area (Å²) in [6.45, 7) is 1.97. The molecular weight excluding hydrogens is 306 g/mol. The van der Waals surface area contributed by atoms with E-state index in [1.807, 2.05) is 13.0 Å². The lowest BCUT2D eigenvalue weighted by Gasteiger charge is -2.14. The van der Waals surface area contributed by atoms with E-state index >= 15 is 0 Å². The van der Waals surface area contributed by atoms with Crippen LogP contribution in [-0.2, 0) is 11.2 Å². The molecule has 1 aromatic heterocycles. The molecule has 0 saturated carbocycles. The number of pyridine rings is 1. The third-order valence-corrected chi connectivity index (χ3v) is 4.09. The van der Waals surface area contributed by atoms with Crippen LogP contribution in [-0.4, -0.2) is 28.5 Å². The van der Waals surface area contributed by atoms with Gasteiger partial charge in [-0.1, -0.05) is 0 Å². The Kier molecular flexibility index (Phi) is 5.08. The molecule has 0 aliphatic carbocycles. The van der Waals surface area contributed by atoms with Crippen LogP contribution in [0.2, 0.25) is 0 Å². The van der Waals surface area contributed by atoms with Gasteiger partial charge in [0.2, 0.25) is 5.56 Å². The highest BCUT2D eigenvalue weighted by Crippen LogP contribution is 2.30. The third kappa shape index (κ3) is 3.42. The van der Waals surface area contributed by atoms with Gasteiger partial charge in [-0.15, -0.1) is 11.6 Å². The fourth-order valence-corrected chi connectivity index (χ4v) is 2.72. The number of hydrogen-bond donors (Lipinski definition) is 2. The van der Waals surface area contributed by atoms with Crippen molar-refractivity contribution in [3.63, 3.8) is 0 Å². The van der Waals surface area contributed by atoms with Crippen LogP contribution < -0.4 is 10.3 Å². The Morgan fingerprint density at radius 1 is 1.45 bits per heavy atom. The Morgan fingerprint density at radius 2 is 2.18 bits per heavy atom. The first-order valence-electron chi connectivity index (χ1n) is 7.00. The predicted molar refractivity (Wildman–Crippen MR) is 86.1 cm³/mol. The van der Waals surface area contributed by atoms with Crippen molar-refractivity contribution in [2.75, 3.05) is 7.11 Å². The molecule has 0 bridgehead atoms. The van der Waals surface area contributed by atoms with E-state index in [9.17, 15) is 9.59 Å². The van der Waals surface area contributed by atoms with E-state index in [-0.39, 0.29) is 5.56 Å². The van der Waals surface area contributed by atoms with E-state index in [0.29, 0.717) is 30.5 Å². The largest absolute Gasteiger partial charge is 0.495 e. The number of carbonyl (C=O) groups is 1. The summed E-state index contributed by atoms with van der Waals surface area (Å²) < 4.78 is 5.32. The van der Waals surface area contributed by atoms with Crippen molar-refractivity contribution in [2.24, 2.45) is 0 Å². The fourth-order valence-electron chi connectivity index (χ4n) is 2.56. The molecule has 2 rings (SSSR count). The monoisotopic (exact) mass is 323 g/mol. The molecule has 1 heterocycles. The number of aryl methyl sites for hydroxylation is 2. The van der Waals surface area contributed by atoms with E-state index < -0.39 is 11.3 Å². The number of aromatic amines is 1. The van der Waals surface area contributed by atoms with E-state index in [4.69, 9.17) is 21.4 Å². The summed E-state index contributed by atoms with van der Waals surface area (Å²) in [5.41, 5.74) is 2.59. The highest BCUT2D eigenvalue weighted by Gasteiger charge is 2.15. The van der Waals surface area contributed by atoms with Gasteiger partial charge in [-0.3, -0.25) is 9.59 Å². The van der Waals surface area contributed by atoms with E-state index in [0.717, 1.165) is 16.5 Å². The number of alkyl halides is 1. The van der Waals surface area contributed by atoms with Crippen molar-refractivity contribution in [1.29, 1.82) is 0 Å². The zero-order valence-electron chi connectivity index (χ0n) is 12.5. The quantitative estimate of drug-likeness (QED) is 0.801. The van der Waals surface area contributed by atoms with Gasteiger partial charge in [0.25, 0.3) is 0 Å². The number of halogens is 1. The van der Waals surface area contributed by atoms with Crippen molar-refractivity contribution < 1.29 is 14.6 Å². The molecule has 5 nitrogen and oxygen atoms in total. The predicted octanol–water partition coefficient (Wildman–Crippen LogP) is 2.86. The van der Waals surface area contributed by atoms with Crippen LogP contribution in [0.25, 0.3) is 10.9 Å². The van der Waals surface area contributed by atoms with Gasteiger partial charge in [0.05, 0.1) is 12.6 Å². The van der Waals surface area contributed by atoms with Crippen LogP contribution in [0.15, 0.2) is 23.0 Å². The summed E-state index contributed by atoms with van der Waals surface area (Å²) in [6.07, 6.45) is 1.74. The van der Waals surface area contributed by atoms with Crippen LogP contribution in [0.4, 0.5) is 0 Å². The Labute approximate surface area is 132 Å². The zero-order chi connectivity index (χ0) is 16.3. The molecule has 0 saturated heterocycles. The fraction of sp³-hybridized carbons (Fsp3) is 0.375. The number of carboxylic acid groups (broad SMARTS) is 1. The molecular formula is C16H18ClNO4. The number of ether oxygens (including phenoxy) is 1. The molecule has 1 unspecified atom stereocenters. The summed E-state index contributed by atoms with van der Waals surface area (Å²) in [7, 11) is 1.56. The Bertz CT molecular complexity index is 754. The first kappa shape index (κ1) is 16.4. The number of carboxylic acids is 1. The normalized spacial score (nSPS) is 12.3. The number of aliphatic carboxylic acids is 1.